The molecule has 0 atom stereocenters. The fourth-order valence-electron chi connectivity index (χ4n) is 4.02. The topological polar surface area (TPSA) is 20.2 Å². The van der Waals surface area contributed by atoms with E-state index in [0.29, 0.717) is 0 Å². The molecule has 0 radical (unpaired) electrons. The average Bonchev–Trinajstić information content (AvgIpc) is 2.93. The Labute approximate surface area is 160 Å². The maximum absolute atomic E-state index is 12.0. The fraction of sp³-hybridized carbons (Fsp3) is 0.0435. The van der Waals surface area contributed by atoms with Crippen molar-refractivity contribution in [1.29, 1.82) is 0 Å². The van der Waals surface area contributed by atoms with Gasteiger partial charge in [-0.3, -0.25) is 0 Å². The highest BCUT2D eigenvalue weighted by Crippen LogP contribution is 2.52. The maximum Gasteiger partial charge on any atom is 0.142 e. The summed E-state index contributed by atoms with van der Waals surface area (Å²) in [6, 6.07) is 28.9. The highest BCUT2D eigenvalue weighted by molar-refractivity contribution is 14.1. The van der Waals surface area contributed by atoms with Gasteiger partial charge in [-0.15, -0.1) is 0 Å². The molecule has 25 heavy (non-hydrogen) atoms. The molecule has 4 aromatic rings. The van der Waals surface area contributed by atoms with Crippen LogP contribution in [0.2, 0.25) is 0 Å². The summed E-state index contributed by atoms with van der Waals surface area (Å²) in [6.45, 7) is 0. The first-order chi connectivity index (χ1) is 12.2. The minimum Gasteiger partial charge on any atom is -0.376 e. The van der Waals surface area contributed by atoms with Crippen molar-refractivity contribution in [3.8, 4) is 11.1 Å². The van der Waals surface area contributed by atoms with Gasteiger partial charge in [-0.2, -0.15) is 0 Å². The molecule has 0 bridgehead atoms. The van der Waals surface area contributed by atoms with Gasteiger partial charge in [-0.05, 0) is 44.5 Å². The van der Waals surface area contributed by atoms with Gasteiger partial charge in [0.25, 0.3) is 0 Å². The molecule has 0 spiro atoms. The summed E-state index contributed by atoms with van der Waals surface area (Å²) in [6.07, 6.45) is 0. The summed E-state index contributed by atoms with van der Waals surface area (Å²) in [7, 11) is 0. The minimum atomic E-state index is -1.12. The van der Waals surface area contributed by atoms with Gasteiger partial charge in [-0.25, -0.2) is 0 Å². The standard InChI is InChI=1S/C23H15IO/c24-22-16-8-2-1-7-15(16)13-14-21(22)23(25)19-11-5-3-9-17(19)18-10-4-6-12-20(18)23/h1-14,25H. The van der Waals surface area contributed by atoms with E-state index in [4.69, 9.17) is 0 Å². The number of rotatable bonds is 1. The molecule has 0 aliphatic heterocycles. The summed E-state index contributed by atoms with van der Waals surface area (Å²) >= 11 is 2.38. The van der Waals surface area contributed by atoms with E-state index in [9.17, 15) is 5.11 Å². The van der Waals surface area contributed by atoms with Crippen LogP contribution >= 0.6 is 22.6 Å². The highest BCUT2D eigenvalue weighted by atomic mass is 127. The monoisotopic (exact) mass is 434 g/mol. The smallest absolute Gasteiger partial charge is 0.142 e. The Bertz CT molecular complexity index is 1080. The number of hydrogen-bond donors (Lipinski definition) is 1. The Morgan fingerprint density at radius 2 is 1.16 bits per heavy atom. The number of hydrogen-bond acceptors (Lipinski definition) is 1. The third-order valence-corrected chi connectivity index (χ3v) is 6.34. The van der Waals surface area contributed by atoms with Gasteiger partial charge in [0.05, 0.1) is 0 Å². The van der Waals surface area contributed by atoms with E-state index in [1.165, 1.54) is 10.8 Å². The minimum absolute atomic E-state index is 0.948. The van der Waals surface area contributed by atoms with Crippen LogP contribution in [-0.2, 0) is 5.60 Å². The van der Waals surface area contributed by atoms with Crippen molar-refractivity contribution < 1.29 is 5.11 Å². The van der Waals surface area contributed by atoms with Gasteiger partial charge in [0, 0.05) is 20.3 Å². The van der Waals surface area contributed by atoms with E-state index in [2.05, 4.69) is 65.1 Å². The number of benzene rings is 4. The van der Waals surface area contributed by atoms with E-state index >= 15 is 0 Å². The number of aliphatic hydroxyl groups is 1. The van der Waals surface area contributed by atoms with Gasteiger partial charge >= 0.3 is 0 Å². The van der Waals surface area contributed by atoms with E-state index in [0.717, 1.165) is 31.4 Å². The molecule has 4 aromatic carbocycles. The van der Waals surface area contributed by atoms with Crippen molar-refractivity contribution in [1.82, 2.24) is 0 Å². The molecule has 0 heterocycles. The van der Waals surface area contributed by atoms with Crippen LogP contribution in [0.3, 0.4) is 0 Å². The molecule has 0 amide bonds. The van der Waals surface area contributed by atoms with E-state index in [1.807, 2.05) is 42.5 Å². The van der Waals surface area contributed by atoms with Crippen molar-refractivity contribution in [2.75, 3.05) is 0 Å². The first kappa shape index (κ1) is 15.1. The predicted molar refractivity (Wildman–Crippen MR) is 111 cm³/mol. The summed E-state index contributed by atoms with van der Waals surface area (Å²) in [5.41, 5.74) is 3.99. The summed E-state index contributed by atoms with van der Waals surface area (Å²) < 4.78 is 1.10. The fourth-order valence-corrected chi connectivity index (χ4v) is 5.08. The van der Waals surface area contributed by atoms with Gasteiger partial charge in [0.2, 0.25) is 0 Å². The zero-order chi connectivity index (χ0) is 17.0. The van der Waals surface area contributed by atoms with E-state index in [-0.39, 0.29) is 0 Å². The second-order valence-corrected chi connectivity index (χ2v) is 7.53. The van der Waals surface area contributed by atoms with Crippen LogP contribution in [0.25, 0.3) is 21.9 Å². The normalized spacial score (nSPS) is 14.3. The number of fused-ring (bicyclic) bond motifs is 4. The average molecular weight is 434 g/mol. The Morgan fingerprint density at radius 1 is 0.600 bits per heavy atom. The third-order valence-electron chi connectivity index (χ3n) is 5.18. The van der Waals surface area contributed by atoms with Gasteiger partial charge in [0.15, 0.2) is 0 Å². The largest absolute Gasteiger partial charge is 0.376 e. The van der Waals surface area contributed by atoms with Crippen molar-refractivity contribution in [2.45, 2.75) is 5.60 Å². The highest BCUT2D eigenvalue weighted by Gasteiger charge is 2.43. The molecule has 0 saturated carbocycles. The van der Waals surface area contributed by atoms with Crippen molar-refractivity contribution in [3.63, 3.8) is 0 Å². The van der Waals surface area contributed by atoms with Crippen LogP contribution < -0.4 is 0 Å². The zero-order valence-electron chi connectivity index (χ0n) is 13.4. The van der Waals surface area contributed by atoms with Crippen LogP contribution in [0.5, 0.6) is 0 Å². The molecular formula is C23H15IO. The Balaban J connectivity index is 1.89. The summed E-state index contributed by atoms with van der Waals surface area (Å²) in [5.74, 6) is 0. The lowest BCUT2D eigenvalue weighted by molar-refractivity contribution is 0.130. The van der Waals surface area contributed by atoms with Crippen LogP contribution in [0.4, 0.5) is 0 Å². The lowest BCUT2D eigenvalue weighted by Crippen LogP contribution is -2.27. The lowest BCUT2D eigenvalue weighted by atomic mass is 9.83. The molecule has 1 aliphatic rings. The third kappa shape index (κ3) is 1.98. The molecule has 0 aromatic heterocycles. The van der Waals surface area contributed by atoms with Crippen LogP contribution in [0, 0.1) is 3.57 Å². The quantitative estimate of drug-likeness (QED) is 0.381. The Morgan fingerprint density at radius 3 is 1.84 bits per heavy atom. The molecular weight excluding hydrogens is 419 g/mol. The maximum atomic E-state index is 12.0. The molecule has 120 valence electrons. The molecule has 1 nitrogen and oxygen atoms in total. The van der Waals surface area contributed by atoms with Crippen molar-refractivity contribution in [3.05, 3.63) is 105 Å². The second kappa shape index (κ2) is 5.41. The van der Waals surface area contributed by atoms with E-state index in [1.54, 1.807) is 0 Å². The summed E-state index contributed by atoms with van der Waals surface area (Å²) in [4.78, 5) is 0. The molecule has 0 saturated heterocycles. The van der Waals surface area contributed by atoms with Crippen LogP contribution in [0.1, 0.15) is 16.7 Å². The van der Waals surface area contributed by atoms with Crippen LogP contribution in [0.15, 0.2) is 84.9 Å². The molecule has 5 rings (SSSR count). The van der Waals surface area contributed by atoms with Crippen molar-refractivity contribution in [2.24, 2.45) is 0 Å². The Kier molecular flexibility index (Phi) is 3.27. The Hall–Kier alpha value is -2.17. The SMILES string of the molecule is OC1(c2ccc3ccccc3c2I)c2ccccc2-c2ccccc21. The molecule has 0 fully saturated rings. The first-order valence-corrected chi connectivity index (χ1v) is 9.38. The van der Waals surface area contributed by atoms with Gasteiger partial charge in [0.1, 0.15) is 5.60 Å². The van der Waals surface area contributed by atoms with Gasteiger partial charge in [-0.1, -0.05) is 84.9 Å². The van der Waals surface area contributed by atoms with E-state index < -0.39 is 5.60 Å². The molecule has 1 N–H and O–H groups in total. The van der Waals surface area contributed by atoms with Crippen LogP contribution in [-0.4, -0.2) is 5.11 Å². The lowest BCUT2D eigenvalue weighted by Gasteiger charge is -2.28. The molecule has 2 heteroatoms. The molecule has 0 unspecified atom stereocenters. The summed E-state index contributed by atoms with van der Waals surface area (Å²) in [5, 5.41) is 14.4. The van der Waals surface area contributed by atoms with Gasteiger partial charge < -0.3 is 5.11 Å². The number of halogens is 1. The second-order valence-electron chi connectivity index (χ2n) is 6.45. The zero-order valence-corrected chi connectivity index (χ0v) is 15.6. The first-order valence-electron chi connectivity index (χ1n) is 8.31. The molecule has 1 aliphatic carbocycles. The predicted octanol–water partition coefficient (Wildman–Crippen LogP) is 5.71. The van der Waals surface area contributed by atoms with Crippen molar-refractivity contribution >= 4 is 33.4 Å².